The lowest BCUT2D eigenvalue weighted by atomic mass is 9.92. The van der Waals surface area contributed by atoms with Crippen molar-refractivity contribution in [2.45, 2.75) is 44.0 Å². The Morgan fingerprint density at radius 1 is 1.17 bits per heavy atom. The van der Waals surface area contributed by atoms with Gasteiger partial charge in [-0.15, -0.1) is 0 Å². The van der Waals surface area contributed by atoms with Crippen molar-refractivity contribution in [2.24, 2.45) is 0 Å². The molecule has 30 heavy (non-hydrogen) atoms. The Hall–Kier alpha value is -3.14. The number of carbonyl (C=O) groups is 1. The van der Waals surface area contributed by atoms with Crippen molar-refractivity contribution in [2.75, 3.05) is 0 Å². The number of aromatic amines is 1. The molecule has 1 aliphatic carbocycles. The van der Waals surface area contributed by atoms with Gasteiger partial charge in [-0.2, -0.15) is 13.2 Å². The molecule has 1 aliphatic rings. The highest BCUT2D eigenvalue weighted by Gasteiger charge is 2.36. The maximum Gasteiger partial charge on any atom is 0.418 e. The Kier molecular flexibility index (Phi) is 4.89. The number of hydrogen-bond donors (Lipinski definition) is 2. The lowest BCUT2D eigenvalue weighted by Crippen LogP contribution is -2.42. The van der Waals surface area contributed by atoms with E-state index in [1.54, 1.807) is 0 Å². The summed E-state index contributed by atoms with van der Waals surface area (Å²) < 4.78 is 43.5. The number of benzene rings is 1. The fourth-order valence-corrected chi connectivity index (χ4v) is 4.07. The molecular formula is C20H18F3N3O4. The van der Waals surface area contributed by atoms with Crippen molar-refractivity contribution in [3.63, 3.8) is 0 Å². The van der Waals surface area contributed by atoms with Crippen LogP contribution in [-0.4, -0.2) is 31.6 Å². The zero-order chi connectivity index (χ0) is 21.6. The number of nitrogens with one attached hydrogen (secondary N) is 1. The van der Waals surface area contributed by atoms with Crippen LogP contribution in [0.2, 0.25) is 0 Å². The van der Waals surface area contributed by atoms with Crippen molar-refractivity contribution >= 4 is 17.3 Å². The third-order valence-electron chi connectivity index (χ3n) is 5.50. The topological polar surface area (TPSA) is 97.1 Å². The molecule has 10 heteroatoms. The molecule has 2 N–H and O–H groups in total. The molecule has 1 aromatic carbocycles. The number of aldehydes is 1. The minimum Gasteiger partial charge on any atom is -0.391 e. The van der Waals surface area contributed by atoms with Crippen molar-refractivity contribution < 1.29 is 23.1 Å². The van der Waals surface area contributed by atoms with Crippen molar-refractivity contribution in [3.05, 3.63) is 62.4 Å². The molecule has 4 rings (SSSR count). The lowest BCUT2D eigenvalue weighted by Gasteiger charge is -2.30. The summed E-state index contributed by atoms with van der Waals surface area (Å²) >= 11 is 0. The van der Waals surface area contributed by atoms with Gasteiger partial charge in [-0.05, 0) is 31.0 Å². The van der Waals surface area contributed by atoms with E-state index in [1.807, 2.05) is 0 Å². The van der Waals surface area contributed by atoms with E-state index in [0.29, 0.717) is 19.1 Å². The van der Waals surface area contributed by atoms with Crippen LogP contribution >= 0.6 is 0 Å². The van der Waals surface area contributed by atoms with E-state index in [4.69, 9.17) is 0 Å². The largest absolute Gasteiger partial charge is 0.418 e. The van der Waals surface area contributed by atoms with Crippen molar-refractivity contribution in [1.82, 2.24) is 14.1 Å². The second-order valence-corrected chi connectivity index (χ2v) is 7.40. The zero-order valence-corrected chi connectivity index (χ0v) is 15.6. The van der Waals surface area contributed by atoms with E-state index >= 15 is 0 Å². The highest BCUT2D eigenvalue weighted by atomic mass is 19.4. The van der Waals surface area contributed by atoms with Gasteiger partial charge >= 0.3 is 17.3 Å². The molecule has 0 saturated heterocycles. The monoisotopic (exact) mass is 421 g/mol. The predicted molar refractivity (Wildman–Crippen MR) is 102 cm³/mol. The number of fused-ring (bicyclic) bond motifs is 1. The molecular weight excluding hydrogens is 403 g/mol. The Morgan fingerprint density at radius 3 is 2.53 bits per heavy atom. The number of rotatable bonds is 3. The molecule has 0 spiro atoms. The minimum atomic E-state index is -4.75. The average Bonchev–Trinajstić information content (AvgIpc) is 3.18. The number of halogens is 3. The maximum absolute atomic E-state index is 13.8. The van der Waals surface area contributed by atoms with Gasteiger partial charge in [0.1, 0.15) is 0 Å². The molecule has 158 valence electrons. The SMILES string of the molecule is O=Cc1ccn(-c2cc3c(cc2C(F)(F)F)[nH]c(=O)c(=O)n3C2CCCCC2O)c1. The number of nitrogens with zero attached hydrogens (tertiary/aromatic N) is 2. The van der Waals surface area contributed by atoms with E-state index in [0.717, 1.165) is 34.1 Å². The van der Waals surface area contributed by atoms with Gasteiger partial charge in [0.05, 0.1) is 34.4 Å². The molecule has 7 nitrogen and oxygen atoms in total. The van der Waals surface area contributed by atoms with E-state index < -0.39 is 35.0 Å². The summed E-state index contributed by atoms with van der Waals surface area (Å²) in [5, 5.41) is 10.4. The van der Waals surface area contributed by atoms with Crippen LogP contribution in [0.5, 0.6) is 0 Å². The number of H-pyrrole nitrogens is 1. The molecule has 0 aliphatic heterocycles. The normalized spacial score (nSPS) is 19.9. The first-order chi connectivity index (χ1) is 14.2. The van der Waals surface area contributed by atoms with Crippen molar-refractivity contribution in [1.29, 1.82) is 0 Å². The maximum atomic E-state index is 13.8. The highest BCUT2D eigenvalue weighted by molar-refractivity contribution is 5.80. The van der Waals surface area contributed by atoms with Crippen LogP contribution < -0.4 is 11.1 Å². The van der Waals surface area contributed by atoms with Gasteiger partial charge < -0.3 is 14.7 Å². The van der Waals surface area contributed by atoms with Gasteiger partial charge in [-0.25, -0.2) is 0 Å². The van der Waals surface area contributed by atoms with Crippen LogP contribution in [0.15, 0.2) is 40.2 Å². The summed E-state index contributed by atoms with van der Waals surface area (Å²) in [6.07, 6.45) is -0.246. The number of hydrogen-bond acceptors (Lipinski definition) is 4. The molecule has 3 aromatic rings. The van der Waals surface area contributed by atoms with Crippen LogP contribution in [0.4, 0.5) is 13.2 Å². The van der Waals surface area contributed by atoms with Crippen LogP contribution in [0.1, 0.15) is 47.6 Å². The fourth-order valence-electron chi connectivity index (χ4n) is 4.07. The quantitative estimate of drug-likeness (QED) is 0.502. The van der Waals surface area contributed by atoms with Gasteiger partial charge in [0.25, 0.3) is 0 Å². The Labute approximate surface area is 167 Å². The van der Waals surface area contributed by atoms with E-state index in [-0.39, 0.29) is 22.3 Å². The summed E-state index contributed by atoms with van der Waals surface area (Å²) in [4.78, 5) is 38.0. The van der Waals surface area contributed by atoms with Crippen LogP contribution in [-0.2, 0) is 6.18 Å². The predicted octanol–water partition coefficient (Wildman–Crippen LogP) is 2.79. The third kappa shape index (κ3) is 3.36. The zero-order valence-electron chi connectivity index (χ0n) is 15.6. The summed E-state index contributed by atoms with van der Waals surface area (Å²) in [5.41, 5.74) is -3.21. The molecule has 2 atom stereocenters. The molecule has 2 heterocycles. The number of carbonyl (C=O) groups excluding carboxylic acids is 1. The first-order valence-corrected chi connectivity index (χ1v) is 9.42. The van der Waals surface area contributed by atoms with Crippen LogP contribution in [0.3, 0.4) is 0 Å². The first-order valence-electron chi connectivity index (χ1n) is 9.42. The first kappa shape index (κ1) is 20.1. The minimum absolute atomic E-state index is 0.0786. The van der Waals surface area contributed by atoms with Crippen LogP contribution in [0, 0.1) is 0 Å². The Balaban J connectivity index is 2.06. The number of aliphatic hydroxyl groups excluding tert-OH is 1. The van der Waals surface area contributed by atoms with Gasteiger partial charge in [-0.1, -0.05) is 12.8 Å². The van der Waals surface area contributed by atoms with Gasteiger partial charge in [0, 0.05) is 18.0 Å². The Bertz CT molecular complexity index is 1240. The molecule has 2 aromatic heterocycles. The van der Waals surface area contributed by atoms with E-state index in [9.17, 15) is 32.7 Å². The Morgan fingerprint density at radius 2 is 1.90 bits per heavy atom. The van der Waals surface area contributed by atoms with E-state index in [1.165, 1.54) is 18.5 Å². The summed E-state index contributed by atoms with van der Waals surface area (Å²) in [7, 11) is 0. The van der Waals surface area contributed by atoms with Gasteiger partial charge in [0.2, 0.25) is 0 Å². The van der Waals surface area contributed by atoms with Gasteiger partial charge in [-0.3, -0.25) is 19.0 Å². The second-order valence-electron chi connectivity index (χ2n) is 7.40. The molecule has 1 fully saturated rings. The average molecular weight is 421 g/mol. The third-order valence-corrected chi connectivity index (χ3v) is 5.50. The molecule has 1 saturated carbocycles. The molecule has 0 bridgehead atoms. The number of alkyl halides is 3. The van der Waals surface area contributed by atoms with E-state index in [2.05, 4.69) is 4.98 Å². The summed E-state index contributed by atoms with van der Waals surface area (Å²) in [6.45, 7) is 0. The molecule has 0 amide bonds. The molecule has 0 radical (unpaired) electrons. The second kappa shape index (κ2) is 7.28. The fraction of sp³-hybridized carbons (Fsp3) is 0.350. The highest BCUT2D eigenvalue weighted by Crippen LogP contribution is 2.37. The number of aliphatic hydroxyl groups is 1. The molecule has 2 unspecified atom stereocenters. The smallest absolute Gasteiger partial charge is 0.391 e. The standard InChI is InChI=1S/C20H18F3N3O4/c21-20(22,23)12-7-13-16(8-15(12)25-6-5-11(9-25)10-27)26(19(30)18(29)24-13)14-3-1-2-4-17(14)28/h5-10,14,17,28H,1-4H2,(H,24,29). The van der Waals surface area contributed by atoms with Crippen molar-refractivity contribution in [3.8, 4) is 5.69 Å². The van der Waals surface area contributed by atoms with Gasteiger partial charge in [0.15, 0.2) is 6.29 Å². The lowest BCUT2D eigenvalue weighted by molar-refractivity contribution is -0.137. The van der Waals surface area contributed by atoms with Crippen LogP contribution in [0.25, 0.3) is 16.7 Å². The summed E-state index contributed by atoms with van der Waals surface area (Å²) in [5.74, 6) is 0. The summed E-state index contributed by atoms with van der Waals surface area (Å²) in [6, 6.07) is 2.58. The number of aromatic nitrogens is 3.